The molecule has 0 heterocycles. The Labute approximate surface area is 142 Å². The second kappa shape index (κ2) is 6.16. The molecule has 1 saturated carbocycles. The topological polar surface area (TPSA) is 116 Å². The molecule has 2 aliphatic rings. The monoisotopic (exact) mass is 350 g/mol. The van der Waals surface area contributed by atoms with E-state index in [9.17, 15) is 24.6 Å². The van der Waals surface area contributed by atoms with Crippen LogP contribution in [0.5, 0.6) is 5.75 Å². The van der Waals surface area contributed by atoms with Gasteiger partial charge in [0.2, 0.25) is 5.91 Å². The molecule has 0 aromatic heterocycles. The summed E-state index contributed by atoms with van der Waals surface area (Å²) in [6.45, 7) is 0. The smallest absolute Gasteiger partial charge is 0.307 e. The molecule has 126 valence electrons. The average Bonchev–Trinajstić information content (AvgIpc) is 3.15. The lowest BCUT2D eigenvalue weighted by molar-refractivity contribution is -0.148. The number of hydrogen-bond acceptors (Lipinski definition) is 4. The molecule has 24 heavy (non-hydrogen) atoms. The Balaban J connectivity index is 1.67. The van der Waals surface area contributed by atoms with E-state index in [-0.39, 0.29) is 28.2 Å². The largest absolute Gasteiger partial charge is 0.507 e. The standard InChI is InChI=1S/C16H15ClN2O5/c17-9-3-4-11(20)10(6-9)14(21)18-19-15(22)12-7-1-2-8(5-7)13(12)16(23)24/h1-4,6-8,12-13,20H,5H2,(H,18,21)(H,19,22)(H,23,24)/t7-,8-,12-,13+/m0/s1. The Morgan fingerprint density at radius 1 is 1.08 bits per heavy atom. The summed E-state index contributed by atoms with van der Waals surface area (Å²) in [6.07, 6.45) is 4.30. The first-order chi connectivity index (χ1) is 11.4. The number of phenols is 1. The Bertz CT molecular complexity index is 748. The predicted molar refractivity (Wildman–Crippen MR) is 84.1 cm³/mol. The van der Waals surface area contributed by atoms with Crippen molar-refractivity contribution in [3.05, 3.63) is 40.9 Å². The maximum atomic E-state index is 12.3. The first-order valence-corrected chi connectivity index (χ1v) is 7.76. The Morgan fingerprint density at radius 2 is 1.75 bits per heavy atom. The van der Waals surface area contributed by atoms with Crippen molar-refractivity contribution >= 4 is 29.4 Å². The van der Waals surface area contributed by atoms with Crippen molar-refractivity contribution in [1.29, 1.82) is 0 Å². The summed E-state index contributed by atoms with van der Waals surface area (Å²) in [5.74, 6) is -4.43. The van der Waals surface area contributed by atoms with Crippen LogP contribution < -0.4 is 10.9 Å². The number of hydrogen-bond donors (Lipinski definition) is 4. The second-order valence-corrected chi connectivity index (χ2v) is 6.38. The van der Waals surface area contributed by atoms with Crippen LogP contribution in [0.15, 0.2) is 30.4 Å². The van der Waals surface area contributed by atoms with Crippen LogP contribution in [-0.4, -0.2) is 28.0 Å². The zero-order valence-corrected chi connectivity index (χ0v) is 13.2. The number of amides is 2. The van der Waals surface area contributed by atoms with Crippen LogP contribution >= 0.6 is 11.6 Å². The number of carboxylic acid groups (broad SMARTS) is 1. The minimum Gasteiger partial charge on any atom is -0.507 e. The van der Waals surface area contributed by atoms with Crippen LogP contribution in [0.4, 0.5) is 0 Å². The highest BCUT2D eigenvalue weighted by atomic mass is 35.5. The average molecular weight is 351 g/mol. The summed E-state index contributed by atoms with van der Waals surface area (Å²) in [4.78, 5) is 35.8. The third-order valence-corrected chi connectivity index (χ3v) is 4.78. The first kappa shape index (κ1) is 16.3. The summed E-state index contributed by atoms with van der Waals surface area (Å²) in [6, 6.07) is 3.95. The first-order valence-electron chi connectivity index (χ1n) is 7.38. The number of phenolic OH excluding ortho intramolecular Hbond substituents is 1. The molecule has 0 radical (unpaired) electrons. The Hall–Kier alpha value is -2.54. The molecule has 4 atom stereocenters. The zero-order valence-electron chi connectivity index (χ0n) is 12.4. The lowest BCUT2D eigenvalue weighted by Crippen LogP contribution is -2.48. The van der Waals surface area contributed by atoms with E-state index in [1.165, 1.54) is 18.2 Å². The number of carbonyl (C=O) groups is 3. The van der Waals surface area contributed by atoms with Crippen LogP contribution in [0.3, 0.4) is 0 Å². The number of rotatable bonds is 3. The van der Waals surface area contributed by atoms with Crippen molar-refractivity contribution in [2.45, 2.75) is 6.42 Å². The van der Waals surface area contributed by atoms with E-state index in [1.54, 1.807) is 0 Å². The van der Waals surface area contributed by atoms with Crippen molar-refractivity contribution in [2.75, 3.05) is 0 Å². The second-order valence-electron chi connectivity index (χ2n) is 5.94. The van der Waals surface area contributed by atoms with Gasteiger partial charge in [-0.15, -0.1) is 0 Å². The minimum absolute atomic E-state index is 0.0922. The number of fused-ring (bicyclic) bond motifs is 2. The molecular weight excluding hydrogens is 336 g/mol. The van der Waals surface area contributed by atoms with Crippen molar-refractivity contribution < 1.29 is 24.6 Å². The number of benzene rings is 1. The van der Waals surface area contributed by atoms with E-state index in [0.29, 0.717) is 6.42 Å². The summed E-state index contributed by atoms with van der Waals surface area (Å²) in [7, 11) is 0. The van der Waals surface area contributed by atoms with Gasteiger partial charge in [0, 0.05) is 5.02 Å². The number of carbonyl (C=O) groups excluding carboxylic acids is 2. The van der Waals surface area contributed by atoms with Crippen LogP contribution in [-0.2, 0) is 9.59 Å². The fraction of sp³-hybridized carbons (Fsp3) is 0.312. The molecule has 8 heteroatoms. The van der Waals surface area contributed by atoms with Gasteiger partial charge >= 0.3 is 5.97 Å². The van der Waals surface area contributed by atoms with Gasteiger partial charge in [0.25, 0.3) is 5.91 Å². The lowest BCUT2D eigenvalue weighted by atomic mass is 9.82. The zero-order chi connectivity index (χ0) is 17.4. The summed E-state index contributed by atoms with van der Waals surface area (Å²) in [5, 5.41) is 19.2. The molecule has 1 aromatic rings. The van der Waals surface area contributed by atoms with E-state index in [1.807, 2.05) is 12.2 Å². The molecule has 4 N–H and O–H groups in total. The number of aromatic hydroxyl groups is 1. The van der Waals surface area contributed by atoms with E-state index in [0.717, 1.165) is 0 Å². The van der Waals surface area contributed by atoms with Crippen molar-refractivity contribution in [1.82, 2.24) is 10.9 Å². The summed E-state index contributed by atoms with van der Waals surface area (Å²) in [5.41, 5.74) is 4.35. The van der Waals surface area contributed by atoms with Crippen molar-refractivity contribution in [3.63, 3.8) is 0 Å². The van der Waals surface area contributed by atoms with Crippen molar-refractivity contribution in [3.8, 4) is 5.75 Å². The maximum absolute atomic E-state index is 12.3. The third-order valence-electron chi connectivity index (χ3n) is 4.55. The van der Waals surface area contributed by atoms with Gasteiger partial charge < -0.3 is 10.2 Å². The normalized spacial score (nSPS) is 27.0. The number of nitrogens with one attached hydrogen (secondary N) is 2. The molecule has 1 fully saturated rings. The molecular formula is C16H15ClN2O5. The van der Waals surface area contributed by atoms with Gasteiger partial charge in [-0.1, -0.05) is 23.8 Å². The molecule has 2 amide bonds. The van der Waals surface area contributed by atoms with Crippen LogP contribution in [0.2, 0.25) is 5.02 Å². The van der Waals surface area contributed by atoms with E-state index in [2.05, 4.69) is 10.9 Å². The quantitative estimate of drug-likeness (QED) is 0.485. The molecule has 0 saturated heterocycles. The fourth-order valence-electron chi connectivity index (χ4n) is 3.48. The molecule has 0 aliphatic heterocycles. The van der Waals surface area contributed by atoms with Gasteiger partial charge in [-0.3, -0.25) is 25.2 Å². The minimum atomic E-state index is -1.02. The van der Waals surface area contributed by atoms with Gasteiger partial charge in [-0.2, -0.15) is 0 Å². The lowest BCUT2D eigenvalue weighted by Gasteiger charge is -2.23. The SMILES string of the molecule is O=C(NNC(=O)[C@@H]1[C@H](C(=O)O)[C@H]2C=C[C@H]1C2)c1cc(Cl)ccc1O. The molecule has 0 unspecified atom stereocenters. The number of allylic oxidation sites excluding steroid dienone is 2. The highest BCUT2D eigenvalue weighted by Crippen LogP contribution is 2.48. The summed E-state index contributed by atoms with van der Waals surface area (Å²) < 4.78 is 0. The van der Waals surface area contributed by atoms with Gasteiger partial charge in [0.1, 0.15) is 5.75 Å². The molecule has 3 rings (SSSR count). The summed E-state index contributed by atoms with van der Waals surface area (Å²) >= 11 is 5.77. The Kier molecular flexibility index (Phi) is 4.19. The van der Waals surface area contributed by atoms with Crippen LogP contribution in [0, 0.1) is 23.7 Å². The van der Waals surface area contributed by atoms with Gasteiger partial charge in [-0.05, 0) is 36.5 Å². The van der Waals surface area contributed by atoms with Gasteiger partial charge in [0.05, 0.1) is 17.4 Å². The van der Waals surface area contributed by atoms with Crippen molar-refractivity contribution in [2.24, 2.45) is 23.7 Å². The van der Waals surface area contributed by atoms with E-state index in [4.69, 9.17) is 11.6 Å². The predicted octanol–water partition coefficient (Wildman–Crippen LogP) is 1.33. The maximum Gasteiger partial charge on any atom is 0.307 e. The van der Waals surface area contributed by atoms with Gasteiger partial charge in [-0.25, -0.2) is 0 Å². The van der Waals surface area contributed by atoms with Crippen LogP contribution in [0.1, 0.15) is 16.8 Å². The molecule has 7 nitrogen and oxygen atoms in total. The highest BCUT2D eigenvalue weighted by molar-refractivity contribution is 6.31. The third kappa shape index (κ3) is 2.82. The molecule has 1 aromatic carbocycles. The molecule has 2 aliphatic carbocycles. The van der Waals surface area contributed by atoms with E-state index < -0.39 is 29.6 Å². The Morgan fingerprint density at radius 3 is 2.42 bits per heavy atom. The van der Waals surface area contributed by atoms with Gasteiger partial charge in [0.15, 0.2) is 0 Å². The number of carboxylic acids is 1. The van der Waals surface area contributed by atoms with E-state index >= 15 is 0 Å². The van der Waals surface area contributed by atoms with Crippen LogP contribution in [0.25, 0.3) is 0 Å². The highest BCUT2D eigenvalue weighted by Gasteiger charge is 2.51. The molecule has 2 bridgehead atoms. The number of halogens is 1. The number of hydrazine groups is 1. The molecule has 0 spiro atoms. The fourth-order valence-corrected chi connectivity index (χ4v) is 3.65. The number of aliphatic carboxylic acids is 1.